The van der Waals surface area contributed by atoms with Crippen LogP contribution in [0.25, 0.3) is 33.2 Å². The summed E-state index contributed by atoms with van der Waals surface area (Å²) in [6, 6.07) is 9.94. The van der Waals surface area contributed by atoms with Crippen LogP contribution in [-0.4, -0.2) is 19.9 Å². The normalized spacial score (nSPS) is 11.8. The maximum absolute atomic E-state index is 13.4. The van der Waals surface area contributed by atoms with Gasteiger partial charge < -0.3 is 0 Å². The van der Waals surface area contributed by atoms with Gasteiger partial charge in [-0.05, 0) is 41.8 Å². The molecule has 0 bridgehead atoms. The van der Waals surface area contributed by atoms with Crippen molar-refractivity contribution in [3.05, 3.63) is 71.6 Å². The first kappa shape index (κ1) is 20.0. The summed E-state index contributed by atoms with van der Waals surface area (Å²) in [6.07, 6.45) is -5.01. The summed E-state index contributed by atoms with van der Waals surface area (Å²) in [6.45, 7) is 0. The Balaban J connectivity index is 1.79. The van der Waals surface area contributed by atoms with Crippen molar-refractivity contribution in [1.82, 2.24) is 19.9 Å². The van der Waals surface area contributed by atoms with Gasteiger partial charge >= 0.3 is 6.18 Å². The number of halogens is 5. The Labute approximate surface area is 171 Å². The molecule has 0 amide bonds. The van der Waals surface area contributed by atoms with E-state index in [2.05, 4.69) is 19.9 Å². The van der Waals surface area contributed by atoms with Crippen molar-refractivity contribution < 1.29 is 22.0 Å². The summed E-state index contributed by atoms with van der Waals surface area (Å²) >= 11 is 1.47. The lowest BCUT2D eigenvalue weighted by atomic mass is 10.1. The Morgan fingerprint density at radius 2 is 1.70 bits per heavy atom. The number of pyridine rings is 2. The molecule has 4 aromatic heterocycles. The monoisotopic (exact) mass is 434 g/mol. The standard InChI is InChI=1S/C20H11F5N4S/c21-18(22)15-9-13(12-3-4-17(27-10-12)20(23,24)25)28-19(29-15)11-5-6-26-14(8-11)16-2-1-7-30-16/h1-10,18H. The zero-order chi connectivity index (χ0) is 21.3. The van der Waals surface area contributed by atoms with Gasteiger partial charge in [-0.25, -0.2) is 18.7 Å². The zero-order valence-electron chi connectivity index (χ0n) is 14.9. The molecule has 0 unspecified atom stereocenters. The molecular weight excluding hydrogens is 423 g/mol. The summed E-state index contributed by atoms with van der Waals surface area (Å²) in [4.78, 5) is 16.7. The molecule has 4 heterocycles. The SMILES string of the molecule is FC(F)c1cc(-c2ccc(C(F)(F)F)nc2)nc(-c2ccnc(-c3cccs3)c2)n1. The molecule has 30 heavy (non-hydrogen) atoms. The number of hydrogen-bond donors (Lipinski definition) is 0. The highest BCUT2D eigenvalue weighted by atomic mass is 32.1. The molecule has 0 aliphatic heterocycles. The second-order valence-corrected chi connectivity index (χ2v) is 7.09. The van der Waals surface area contributed by atoms with Crippen molar-refractivity contribution in [3.63, 3.8) is 0 Å². The topological polar surface area (TPSA) is 51.6 Å². The van der Waals surface area contributed by atoms with E-state index in [1.54, 1.807) is 12.1 Å². The van der Waals surface area contributed by atoms with E-state index in [4.69, 9.17) is 0 Å². The van der Waals surface area contributed by atoms with Gasteiger partial charge in [-0.2, -0.15) is 13.2 Å². The molecule has 0 N–H and O–H groups in total. The van der Waals surface area contributed by atoms with Gasteiger partial charge in [0.2, 0.25) is 0 Å². The average Bonchev–Trinajstić information content (AvgIpc) is 3.28. The number of nitrogens with zero attached hydrogens (tertiary/aromatic N) is 4. The van der Waals surface area contributed by atoms with Crippen LogP contribution in [0.4, 0.5) is 22.0 Å². The van der Waals surface area contributed by atoms with Crippen molar-refractivity contribution in [3.8, 4) is 33.2 Å². The van der Waals surface area contributed by atoms with Crippen LogP contribution < -0.4 is 0 Å². The van der Waals surface area contributed by atoms with E-state index in [1.165, 1.54) is 17.5 Å². The highest BCUT2D eigenvalue weighted by molar-refractivity contribution is 7.13. The zero-order valence-corrected chi connectivity index (χ0v) is 15.8. The van der Waals surface area contributed by atoms with Crippen molar-refractivity contribution in [2.75, 3.05) is 0 Å². The van der Waals surface area contributed by atoms with Crippen LogP contribution in [-0.2, 0) is 6.18 Å². The second kappa shape index (κ2) is 7.86. The van der Waals surface area contributed by atoms with Crippen LogP contribution in [0, 0.1) is 0 Å². The number of hydrogen-bond acceptors (Lipinski definition) is 5. The maximum atomic E-state index is 13.4. The van der Waals surface area contributed by atoms with Crippen LogP contribution in [0.1, 0.15) is 17.8 Å². The van der Waals surface area contributed by atoms with E-state index in [0.717, 1.165) is 29.3 Å². The van der Waals surface area contributed by atoms with Gasteiger partial charge in [-0.3, -0.25) is 9.97 Å². The van der Waals surface area contributed by atoms with E-state index in [9.17, 15) is 22.0 Å². The summed E-state index contributed by atoms with van der Waals surface area (Å²) in [5, 5.41) is 1.88. The molecule has 0 atom stereocenters. The fourth-order valence-electron chi connectivity index (χ4n) is 2.70. The van der Waals surface area contributed by atoms with Crippen LogP contribution >= 0.6 is 11.3 Å². The molecule has 0 aliphatic rings. The van der Waals surface area contributed by atoms with Gasteiger partial charge in [-0.1, -0.05) is 6.07 Å². The predicted molar refractivity (Wildman–Crippen MR) is 102 cm³/mol. The average molecular weight is 434 g/mol. The van der Waals surface area contributed by atoms with Gasteiger partial charge in [0.1, 0.15) is 11.4 Å². The molecule has 4 nitrogen and oxygen atoms in total. The summed E-state index contributed by atoms with van der Waals surface area (Å²) in [5.74, 6) is 0.0166. The van der Waals surface area contributed by atoms with E-state index < -0.39 is 24.0 Å². The molecule has 10 heteroatoms. The van der Waals surface area contributed by atoms with Crippen molar-refractivity contribution in [1.29, 1.82) is 0 Å². The molecule has 4 aromatic rings. The largest absolute Gasteiger partial charge is 0.433 e. The van der Waals surface area contributed by atoms with E-state index in [0.29, 0.717) is 11.3 Å². The maximum Gasteiger partial charge on any atom is 0.433 e. The first-order valence-corrected chi connectivity index (χ1v) is 9.40. The Hall–Kier alpha value is -3.27. The first-order chi connectivity index (χ1) is 14.3. The lowest BCUT2D eigenvalue weighted by molar-refractivity contribution is -0.141. The Bertz CT molecular complexity index is 1160. The van der Waals surface area contributed by atoms with Crippen LogP contribution in [0.5, 0.6) is 0 Å². The van der Waals surface area contributed by atoms with Gasteiger partial charge in [0.15, 0.2) is 5.82 Å². The number of thiophene rings is 1. The van der Waals surface area contributed by atoms with Gasteiger partial charge in [0, 0.05) is 23.5 Å². The predicted octanol–water partition coefficient (Wildman–Crippen LogP) is 6.29. The molecule has 4 rings (SSSR count). The van der Waals surface area contributed by atoms with E-state index >= 15 is 0 Å². The van der Waals surface area contributed by atoms with Crippen LogP contribution in [0.15, 0.2) is 60.2 Å². The number of alkyl halides is 5. The molecule has 0 fully saturated rings. The minimum atomic E-state index is -4.60. The quantitative estimate of drug-likeness (QED) is 0.355. The molecule has 0 aromatic carbocycles. The molecule has 0 radical (unpaired) electrons. The Morgan fingerprint density at radius 1 is 0.867 bits per heavy atom. The van der Waals surface area contributed by atoms with E-state index in [-0.39, 0.29) is 17.1 Å². The Kier molecular flexibility index (Phi) is 5.25. The third kappa shape index (κ3) is 4.18. The smallest absolute Gasteiger partial charge is 0.255 e. The van der Waals surface area contributed by atoms with Crippen molar-refractivity contribution in [2.24, 2.45) is 0 Å². The molecule has 0 spiro atoms. The fourth-order valence-corrected chi connectivity index (χ4v) is 3.39. The van der Waals surface area contributed by atoms with Crippen LogP contribution in [0.2, 0.25) is 0 Å². The summed E-state index contributed by atoms with van der Waals surface area (Å²) in [7, 11) is 0. The lowest BCUT2D eigenvalue weighted by Crippen LogP contribution is -2.07. The third-order valence-electron chi connectivity index (χ3n) is 4.11. The van der Waals surface area contributed by atoms with Crippen LogP contribution in [0.3, 0.4) is 0 Å². The lowest BCUT2D eigenvalue weighted by Gasteiger charge is -2.10. The Morgan fingerprint density at radius 3 is 2.33 bits per heavy atom. The van der Waals surface area contributed by atoms with Gasteiger partial charge in [0.25, 0.3) is 6.43 Å². The minimum Gasteiger partial charge on any atom is -0.255 e. The number of rotatable bonds is 4. The van der Waals surface area contributed by atoms with Gasteiger partial charge in [0.05, 0.1) is 16.3 Å². The molecular formula is C20H11F5N4S. The fraction of sp³-hybridized carbons (Fsp3) is 0.100. The third-order valence-corrected chi connectivity index (χ3v) is 5.00. The number of aromatic nitrogens is 4. The summed E-state index contributed by atoms with van der Waals surface area (Å²) in [5.41, 5.74) is -0.316. The highest BCUT2D eigenvalue weighted by Crippen LogP contribution is 2.31. The molecule has 0 aliphatic carbocycles. The van der Waals surface area contributed by atoms with Gasteiger partial charge in [-0.15, -0.1) is 11.3 Å². The summed E-state index contributed by atoms with van der Waals surface area (Å²) < 4.78 is 65.1. The molecule has 0 saturated carbocycles. The minimum absolute atomic E-state index is 0.0166. The molecule has 0 saturated heterocycles. The first-order valence-electron chi connectivity index (χ1n) is 8.52. The van der Waals surface area contributed by atoms with Crippen molar-refractivity contribution in [2.45, 2.75) is 12.6 Å². The molecule has 152 valence electrons. The van der Waals surface area contributed by atoms with E-state index in [1.807, 2.05) is 17.5 Å². The highest BCUT2D eigenvalue weighted by Gasteiger charge is 2.32. The second-order valence-electron chi connectivity index (χ2n) is 6.14. The van der Waals surface area contributed by atoms with Crippen molar-refractivity contribution >= 4 is 11.3 Å².